The minimum atomic E-state index is -0.0208. The summed E-state index contributed by atoms with van der Waals surface area (Å²) < 4.78 is 5.88. The highest BCUT2D eigenvalue weighted by molar-refractivity contribution is 4.86. The molecule has 3 nitrogen and oxygen atoms in total. The first-order valence-corrected chi connectivity index (χ1v) is 7.93. The van der Waals surface area contributed by atoms with E-state index in [1.165, 1.54) is 19.4 Å². The Morgan fingerprint density at radius 2 is 2.00 bits per heavy atom. The molecule has 0 radical (unpaired) electrons. The largest absolute Gasteiger partial charge is 0.375 e. The van der Waals surface area contributed by atoms with Crippen molar-refractivity contribution in [3.63, 3.8) is 0 Å². The van der Waals surface area contributed by atoms with E-state index in [4.69, 9.17) is 4.74 Å². The van der Waals surface area contributed by atoms with Crippen LogP contribution < -0.4 is 5.32 Å². The van der Waals surface area contributed by atoms with E-state index >= 15 is 0 Å². The smallest absolute Gasteiger partial charge is 0.0600 e. The summed E-state index contributed by atoms with van der Waals surface area (Å²) in [5.41, 5.74) is -0.0208. The van der Waals surface area contributed by atoms with E-state index in [1.54, 1.807) is 0 Å². The Kier molecular flexibility index (Phi) is 6.78. The van der Waals surface area contributed by atoms with Crippen LogP contribution in [0.15, 0.2) is 0 Å². The predicted molar refractivity (Wildman–Crippen MR) is 82.6 cm³/mol. The number of nitrogens with one attached hydrogen (secondary N) is 1. The maximum atomic E-state index is 5.88. The molecule has 0 aromatic rings. The van der Waals surface area contributed by atoms with Gasteiger partial charge < -0.3 is 10.1 Å². The Bertz CT molecular complexity index is 248. The Morgan fingerprint density at radius 3 is 2.53 bits per heavy atom. The van der Waals surface area contributed by atoms with Crippen molar-refractivity contribution in [2.75, 3.05) is 26.2 Å². The number of piperazine rings is 1. The molecule has 1 rings (SSSR count). The van der Waals surface area contributed by atoms with E-state index < -0.39 is 0 Å². The molecule has 1 heterocycles. The van der Waals surface area contributed by atoms with Crippen molar-refractivity contribution < 1.29 is 4.74 Å². The summed E-state index contributed by atoms with van der Waals surface area (Å²) >= 11 is 0. The maximum absolute atomic E-state index is 5.88. The van der Waals surface area contributed by atoms with Gasteiger partial charge in [-0.05, 0) is 39.5 Å². The second-order valence-corrected chi connectivity index (χ2v) is 7.25. The van der Waals surface area contributed by atoms with Gasteiger partial charge in [-0.25, -0.2) is 0 Å². The first-order chi connectivity index (χ1) is 8.81. The van der Waals surface area contributed by atoms with Crippen molar-refractivity contribution in [2.45, 2.75) is 72.1 Å². The van der Waals surface area contributed by atoms with E-state index in [2.05, 4.69) is 51.8 Å². The molecule has 2 atom stereocenters. The van der Waals surface area contributed by atoms with Gasteiger partial charge in [0.25, 0.3) is 0 Å². The van der Waals surface area contributed by atoms with Gasteiger partial charge in [-0.1, -0.05) is 20.8 Å². The number of hydrogen-bond acceptors (Lipinski definition) is 3. The van der Waals surface area contributed by atoms with E-state index in [0.717, 1.165) is 25.6 Å². The highest BCUT2D eigenvalue weighted by atomic mass is 16.5. The molecule has 1 aliphatic heterocycles. The van der Waals surface area contributed by atoms with Gasteiger partial charge in [0.15, 0.2) is 0 Å². The molecule has 1 aliphatic rings. The summed E-state index contributed by atoms with van der Waals surface area (Å²) in [6, 6.07) is 1.32. The molecule has 0 saturated carbocycles. The Balaban J connectivity index is 2.41. The lowest BCUT2D eigenvalue weighted by Crippen LogP contribution is -2.57. The molecule has 0 aliphatic carbocycles. The van der Waals surface area contributed by atoms with Gasteiger partial charge in [-0.15, -0.1) is 0 Å². The molecule has 0 amide bonds. The van der Waals surface area contributed by atoms with Crippen LogP contribution in [-0.2, 0) is 4.74 Å². The van der Waals surface area contributed by atoms with Crippen molar-refractivity contribution in [3.8, 4) is 0 Å². The van der Waals surface area contributed by atoms with E-state index in [0.29, 0.717) is 12.1 Å². The van der Waals surface area contributed by atoms with Crippen molar-refractivity contribution >= 4 is 0 Å². The summed E-state index contributed by atoms with van der Waals surface area (Å²) in [5.74, 6) is 0.767. The number of rotatable bonds is 6. The molecule has 1 saturated heterocycles. The molecule has 2 unspecified atom stereocenters. The first kappa shape index (κ1) is 16.9. The van der Waals surface area contributed by atoms with Crippen LogP contribution >= 0.6 is 0 Å². The second-order valence-electron chi connectivity index (χ2n) is 7.25. The maximum Gasteiger partial charge on any atom is 0.0600 e. The van der Waals surface area contributed by atoms with Crippen LogP contribution in [-0.4, -0.2) is 48.8 Å². The fraction of sp³-hybridized carbons (Fsp3) is 1.00. The van der Waals surface area contributed by atoms with Gasteiger partial charge in [-0.2, -0.15) is 0 Å². The molecule has 3 heteroatoms. The Morgan fingerprint density at radius 1 is 1.32 bits per heavy atom. The average Bonchev–Trinajstić information content (AvgIpc) is 2.27. The molecule has 1 fully saturated rings. The minimum absolute atomic E-state index is 0.0208. The SMILES string of the molecule is CCC1CNC(CC(C)C)CN1CCOC(C)(C)C. The zero-order valence-corrected chi connectivity index (χ0v) is 13.8. The number of nitrogens with zero attached hydrogens (tertiary/aromatic N) is 1. The molecule has 19 heavy (non-hydrogen) atoms. The number of ether oxygens (including phenoxy) is 1. The normalized spacial score (nSPS) is 26.1. The molecule has 0 spiro atoms. The van der Waals surface area contributed by atoms with Gasteiger partial charge in [0, 0.05) is 31.7 Å². The Labute approximate surface area is 120 Å². The molecule has 1 N–H and O–H groups in total. The van der Waals surface area contributed by atoms with Crippen molar-refractivity contribution in [1.29, 1.82) is 0 Å². The van der Waals surface area contributed by atoms with E-state index in [9.17, 15) is 0 Å². The second kappa shape index (κ2) is 7.61. The van der Waals surface area contributed by atoms with Crippen LogP contribution in [0.2, 0.25) is 0 Å². The first-order valence-electron chi connectivity index (χ1n) is 7.93. The zero-order chi connectivity index (χ0) is 14.5. The highest BCUT2D eigenvalue weighted by Gasteiger charge is 2.27. The van der Waals surface area contributed by atoms with Crippen LogP contribution in [0.3, 0.4) is 0 Å². The van der Waals surface area contributed by atoms with E-state index in [1.807, 2.05) is 0 Å². The van der Waals surface area contributed by atoms with Gasteiger partial charge in [0.05, 0.1) is 12.2 Å². The fourth-order valence-electron chi connectivity index (χ4n) is 2.80. The Hall–Kier alpha value is -0.120. The van der Waals surface area contributed by atoms with Crippen LogP contribution in [0.25, 0.3) is 0 Å². The van der Waals surface area contributed by atoms with E-state index in [-0.39, 0.29) is 5.60 Å². The molecule has 0 aromatic carbocycles. The van der Waals surface area contributed by atoms with Crippen LogP contribution in [0.1, 0.15) is 54.4 Å². The van der Waals surface area contributed by atoms with Crippen LogP contribution in [0.4, 0.5) is 0 Å². The van der Waals surface area contributed by atoms with Crippen molar-refractivity contribution in [2.24, 2.45) is 5.92 Å². The molecular formula is C16H34N2O. The molecular weight excluding hydrogens is 236 g/mol. The summed E-state index contributed by atoms with van der Waals surface area (Å²) in [6.07, 6.45) is 2.49. The van der Waals surface area contributed by atoms with Gasteiger partial charge in [-0.3, -0.25) is 4.90 Å². The summed E-state index contributed by atoms with van der Waals surface area (Å²) in [5, 5.41) is 3.71. The minimum Gasteiger partial charge on any atom is -0.375 e. The van der Waals surface area contributed by atoms with Gasteiger partial charge >= 0.3 is 0 Å². The number of hydrogen-bond donors (Lipinski definition) is 1. The third-order valence-electron chi connectivity index (χ3n) is 3.75. The van der Waals surface area contributed by atoms with Crippen molar-refractivity contribution in [1.82, 2.24) is 10.2 Å². The lowest BCUT2D eigenvalue weighted by atomic mass is 9.99. The third kappa shape index (κ3) is 6.73. The standard InChI is InChI=1S/C16H34N2O/c1-7-15-11-17-14(10-13(2)3)12-18(15)8-9-19-16(4,5)6/h13-15,17H,7-12H2,1-6H3. The predicted octanol–water partition coefficient (Wildman–Crippen LogP) is 2.90. The van der Waals surface area contributed by atoms with Gasteiger partial charge in [0.1, 0.15) is 0 Å². The van der Waals surface area contributed by atoms with Crippen LogP contribution in [0, 0.1) is 5.92 Å². The van der Waals surface area contributed by atoms with Crippen LogP contribution in [0.5, 0.6) is 0 Å². The van der Waals surface area contributed by atoms with Gasteiger partial charge in [0.2, 0.25) is 0 Å². The zero-order valence-electron chi connectivity index (χ0n) is 13.8. The topological polar surface area (TPSA) is 24.5 Å². The lowest BCUT2D eigenvalue weighted by Gasteiger charge is -2.41. The summed E-state index contributed by atoms with van der Waals surface area (Å²) in [4.78, 5) is 2.62. The molecule has 0 aromatic heterocycles. The molecule has 0 bridgehead atoms. The highest BCUT2D eigenvalue weighted by Crippen LogP contribution is 2.15. The average molecular weight is 270 g/mol. The summed E-state index contributed by atoms with van der Waals surface area (Å²) in [6.45, 7) is 17.5. The monoisotopic (exact) mass is 270 g/mol. The quantitative estimate of drug-likeness (QED) is 0.803. The fourth-order valence-corrected chi connectivity index (χ4v) is 2.80. The lowest BCUT2D eigenvalue weighted by molar-refractivity contribution is -0.0229. The van der Waals surface area contributed by atoms with Crippen molar-refractivity contribution in [3.05, 3.63) is 0 Å². The third-order valence-corrected chi connectivity index (χ3v) is 3.75. The molecule has 114 valence electrons. The summed E-state index contributed by atoms with van der Waals surface area (Å²) in [7, 11) is 0.